The van der Waals surface area contributed by atoms with Gasteiger partial charge < -0.3 is 15.4 Å². The van der Waals surface area contributed by atoms with Crippen molar-refractivity contribution in [2.45, 2.75) is 32.7 Å². The first kappa shape index (κ1) is 22.3. The summed E-state index contributed by atoms with van der Waals surface area (Å²) in [5.74, 6) is 0.451. The van der Waals surface area contributed by atoms with E-state index in [0.717, 1.165) is 11.3 Å². The normalized spacial score (nSPS) is 11.6. The van der Waals surface area contributed by atoms with Crippen LogP contribution in [0.15, 0.2) is 55.1 Å². The van der Waals surface area contributed by atoms with E-state index >= 15 is 0 Å². The minimum atomic E-state index is -0.485. The topological polar surface area (TPSA) is 98.1 Å². The first-order valence-corrected chi connectivity index (χ1v) is 10.2. The predicted octanol–water partition coefficient (Wildman–Crippen LogP) is 4.24. The fourth-order valence-corrected chi connectivity index (χ4v) is 3.06. The fourth-order valence-electron chi connectivity index (χ4n) is 2.83. The van der Waals surface area contributed by atoms with Gasteiger partial charge in [0.25, 0.3) is 0 Å². The zero-order valence-electron chi connectivity index (χ0n) is 17.3. The number of aryl methyl sites for hydroxylation is 1. The van der Waals surface area contributed by atoms with Crippen LogP contribution in [0.4, 0.5) is 11.4 Å². The highest BCUT2D eigenvalue weighted by Gasteiger charge is 2.15. The Morgan fingerprint density at radius 1 is 1.13 bits per heavy atom. The number of carbonyl (C=O) groups excluding carboxylic acids is 2. The lowest BCUT2D eigenvalue weighted by molar-refractivity contribution is -0.119. The number of carbonyl (C=O) groups is 2. The number of hydrogen-bond donors (Lipinski definition) is 2. The number of nitrogens with zero attached hydrogens (tertiary/aromatic N) is 3. The Kier molecular flexibility index (Phi) is 7.61. The van der Waals surface area contributed by atoms with E-state index in [1.807, 2.05) is 19.1 Å². The van der Waals surface area contributed by atoms with Crippen LogP contribution in [0.2, 0.25) is 5.02 Å². The van der Waals surface area contributed by atoms with E-state index in [2.05, 4.69) is 20.7 Å². The third-order valence-electron chi connectivity index (χ3n) is 4.59. The number of hydrogen-bond acceptors (Lipinski definition) is 5. The number of nitrogens with one attached hydrogen (secondary N) is 2. The molecule has 3 rings (SSSR count). The van der Waals surface area contributed by atoms with Gasteiger partial charge in [0.15, 0.2) is 0 Å². The summed E-state index contributed by atoms with van der Waals surface area (Å²) in [6.07, 6.45) is 3.79. The highest BCUT2D eigenvalue weighted by atomic mass is 35.5. The number of ether oxygens (including phenoxy) is 1. The zero-order chi connectivity index (χ0) is 22.2. The van der Waals surface area contributed by atoms with Gasteiger partial charge in [0, 0.05) is 22.8 Å². The minimum Gasteiger partial charge on any atom is -0.493 e. The molecule has 31 heavy (non-hydrogen) atoms. The van der Waals surface area contributed by atoms with Gasteiger partial charge in [0.1, 0.15) is 24.4 Å². The van der Waals surface area contributed by atoms with E-state index < -0.39 is 6.04 Å². The quantitative estimate of drug-likeness (QED) is 0.484. The second-order valence-corrected chi connectivity index (χ2v) is 7.46. The Balaban J connectivity index is 1.40. The van der Waals surface area contributed by atoms with Crippen LogP contribution in [0, 0.1) is 6.92 Å². The van der Waals surface area contributed by atoms with Gasteiger partial charge in [-0.15, -0.1) is 0 Å². The summed E-state index contributed by atoms with van der Waals surface area (Å²) in [4.78, 5) is 28.3. The summed E-state index contributed by atoms with van der Waals surface area (Å²) in [5, 5.41) is 10.3. The molecule has 0 saturated heterocycles. The molecule has 0 radical (unpaired) electrons. The molecule has 0 spiro atoms. The van der Waals surface area contributed by atoms with Crippen LogP contribution in [0.25, 0.3) is 0 Å². The first-order chi connectivity index (χ1) is 14.9. The molecule has 1 heterocycles. The Morgan fingerprint density at radius 2 is 1.84 bits per heavy atom. The molecule has 0 aliphatic heterocycles. The predicted molar refractivity (Wildman–Crippen MR) is 119 cm³/mol. The number of benzene rings is 2. The molecule has 1 aromatic heterocycles. The zero-order valence-corrected chi connectivity index (χ0v) is 18.1. The maximum atomic E-state index is 12.3. The van der Waals surface area contributed by atoms with E-state index in [0.29, 0.717) is 35.8 Å². The van der Waals surface area contributed by atoms with Crippen molar-refractivity contribution in [3.63, 3.8) is 0 Å². The SMILES string of the molecule is Cc1cc(Cl)ccc1OCCCC(=O)Nc1ccc(NC(=O)C(C)n2cncn2)cc1. The highest BCUT2D eigenvalue weighted by Crippen LogP contribution is 2.22. The van der Waals surface area contributed by atoms with Gasteiger partial charge in [-0.1, -0.05) is 11.6 Å². The van der Waals surface area contributed by atoms with Gasteiger partial charge in [-0.05, 0) is 68.3 Å². The summed E-state index contributed by atoms with van der Waals surface area (Å²) >= 11 is 5.93. The van der Waals surface area contributed by atoms with Crippen LogP contribution >= 0.6 is 11.6 Å². The molecule has 3 aromatic rings. The molecule has 8 nitrogen and oxygen atoms in total. The van der Waals surface area contributed by atoms with E-state index in [-0.39, 0.29) is 11.8 Å². The lowest BCUT2D eigenvalue weighted by atomic mass is 10.2. The third-order valence-corrected chi connectivity index (χ3v) is 4.83. The van der Waals surface area contributed by atoms with Crippen molar-refractivity contribution in [2.24, 2.45) is 0 Å². The van der Waals surface area contributed by atoms with Crippen LogP contribution in [-0.4, -0.2) is 33.2 Å². The van der Waals surface area contributed by atoms with Crippen LogP contribution in [0.1, 0.15) is 31.4 Å². The molecular formula is C22H24ClN5O3. The third kappa shape index (κ3) is 6.55. The van der Waals surface area contributed by atoms with E-state index in [1.165, 1.54) is 17.3 Å². The first-order valence-electron chi connectivity index (χ1n) is 9.86. The molecule has 2 aromatic carbocycles. The molecule has 2 amide bonds. The minimum absolute atomic E-state index is 0.104. The van der Waals surface area contributed by atoms with E-state index in [9.17, 15) is 9.59 Å². The molecule has 2 N–H and O–H groups in total. The second-order valence-electron chi connectivity index (χ2n) is 7.03. The van der Waals surface area contributed by atoms with Gasteiger partial charge in [-0.3, -0.25) is 9.59 Å². The van der Waals surface area contributed by atoms with E-state index in [1.54, 1.807) is 37.3 Å². The lowest BCUT2D eigenvalue weighted by Crippen LogP contribution is -2.24. The van der Waals surface area contributed by atoms with Crippen molar-refractivity contribution in [3.05, 3.63) is 65.7 Å². The largest absolute Gasteiger partial charge is 0.493 e. The summed E-state index contributed by atoms with van der Waals surface area (Å²) in [6.45, 7) is 4.09. The molecule has 0 saturated carbocycles. The number of anilines is 2. The molecule has 1 unspecified atom stereocenters. The van der Waals surface area contributed by atoms with Gasteiger partial charge in [-0.25, -0.2) is 9.67 Å². The highest BCUT2D eigenvalue weighted by molar-refractivity contribution is 6.30. The average molecular weight is 442 g/mol. The van der Waals surface area contributed by atoms with E-state index in [4.69, 9.17) is 16.3 Å². The van der Waals surface area contributed by atoms with Crippen LogP contribution in [-0.2, 0) is 9.59 Å². The summed E-state index contributed by atoms with van der Waals surface area (Å²) in [6, 6.07) is 11.9. The van der Waals surface area contributed by atoms with Gasteiger partial charge in [-0.2, -0.15) is 5.10 Å². The number of amides is 2. The van der Waals surface area contributed by atoms with Crippen LogP contribution < -0.4 is 15.4 Å². The molecule has 0 bridgehead atoms. The van der Waals surface area contributed by atoms with Gasteiger partial charge in [0.05, 0.1) is 6.61 Å². The second kappa shape index (κ2) is 10.6. The van der Waals surface area contributed by atoms with Gasteiger partial charge >= 0.3 is 0 Å². The Bertz CT molecular complexity index is 1020. The standard InChI is InChI=1S/C22H24ClN5O3/c1-15-12-17(23)5-10-20(15)31-11-3-4-21(29)26-18-6-8-19(9-7-18)27-22(30)16(2)28-14-24-13-25-28/h5-10,12-14,16H,3-4,11H2,1-2H3,(H,26,29)(H,27,30). The molecule has 162 valence electrons. The number of aromatic nitrogens is 3. The van der Waals surface area contributed by atoms with Crippen molar-refractivity contribution < 1.29 is 14.3 Å². The number of halogens is 1. The molecule has 0 aliphatic carbocycles. The Morgan fingerprint density at radius 3 is 2.48 bits per heavy atom. The van der Waals surface area contributed by atoms with Crippen molar-refractivity contribution >= 4 is 34.8 Å². The lowest BCUT2D eigenvalue weighted by Gasteiger charge is -2.12. The van der Waals surface area contributed by atoms with Crippen LogP contribution in [0.3, 0.4) is 0 Å². The summed E-state index contributed by atoms with van der Waals surface area (Å²) in [7, 11) is 0. The number of rotatable bonds is 9. The smallest absolute Gasteiger partial charge is 0.249 e. The Hall–Kier alpha value is -3.39. The van der Waals surface area contributed by atoms with Crippen LogP contribution in [0.5, 0.6) is 5.75 Å². The molecule has 1 atom stereocenters. The van der Waals surface area contributed by atoms with Crippen molar-refractivity contribution in [3.8, 4) is 5.75 Å². The summed E-state index contributed by atoms with van der Waals surface area (Å²) in [5.41, 5.74) is 2.24. The molecule has 9 heteroatoms. The van der Waals surface area contributed by atoms with Crippen molar-refractivity contribution in [1.29, 1.82) is 0 Å². The van der Waals surface area contributed by atoms with Crippen molar-refractivity contribution in [1.82, 2.24) is 14.8 Å². The average Bonchev–Trinajstić information content (AvgIpc) is 3.28. The fraction of sp³-hybridized carbons (Fsp3) is 0.273. The Labute approximate surface area is 185 Å². The maximum Gasteiger partial charge on any atom is 0.249 e. The monoisotopic (exact) mass is 441 g/mol. The summed E-state index contributed by atoms with van der Waals surface area (Å²) < 4.78 is 7.18. The molecular weight excluding hydrogens is 418 g/mol. The molecule has 0 fully saturated rings. The maximum absolute atomic E-state index is 12.3. The molecule has 0 aliphatic rings. The van der Waals surface area contributed by atoms with Crippen molar-refractivity contribution in [2.75, 3.05) is 17.2 Å². The van der Waals surface area contributed by atoms with Gasteiger partial charge in [0.2, 0.25) is 11.8 Å².